The number of fused-ring (bicyclic) bond motifs is 1. The van der Waals surface area contributed by atoms with Crippen molar-refractivity contribution in [1.82, 2.24) is 0 Å². The number of carboxylic acids is 1. The number of carbonyl (C=O) groups is 2. The predicted octanol–water partition coefficient (Wildman–Crippen LogP) is 2.91. The van der Waals surface area contributed by atoms with Crippen LogP contribution in [0.2, 0.25) is 0 Å². The molecule has 1 N–H and O–H groups in total. The van der Waals surface area contributed by atoms with Gasteiger partial charge in [0.2, 0.25) is 5.91 Å². The number of anilines is 1. The van der Waals surface area contributed by atoms with Gasteiger partial charge in [-0.25, -0.2) is 4.79 Å². The Balaban J connectivity index is 1.88. The van der Waals surface area contributed by atoms with Gasteiger partial charge in [-0.2, -0.15) is 0 Å². The molecule has 1 aliphatic heterocycles. The molecule has 0 bridgehead atoms. The third-order valence-corrected chi connectivity index (χ3v) is 4.29. The number of hydrogen-bond acceptors (Lipinski definition) is 4. The van der Waals surface area contributed by atoms with E-state index in [9.17, 15) is 9.59 Å². The van der Waals surface area contributed by atoms with Crippen molar-refractivity contribution in [3.05, 3.63) is 40.0 Å². The highest BCUT2D eigenvalue weighted by molar-refractivity contribution is 7.10. The smallest absolute Gasteiger partial charge is 0.338 e. The minimum absolute atomic E-state index is 0.0513. The Kier molecular flexibility index (Phi) is 3.31. The number of rotatable bonds is 3. The van der Waals surface area contributed by atoms with E-state index in [1.165, 1.54) is 17.2 Å². The van der Waals surface area contributed by atoms with Gasteiger partial charge in [0.05, 0.1) is 17.8 Å². The van der Waals surface area contributed by atoms with Gasteiger partial charge >= 0.3 is 5.97 Å². The van der Waals surface area contributed by atoms with Crippen LogP contribution in [-0.4, -0.2) is 17.0 Å². The first-order valence-electron chi connectivity index (χ1n) is 6.32. The average molecular weight is 291 g/mol. The highest BCUT2D eigenvalue weighted by Crippen LogP contribution is 2.32. The molecule has 2 aromatic rings. The highest BCUT2D eigenvalue weighted by Gasteiger charge is 2.24. The van der Waals surface area contributed by atoms with Gasteiger partial charge in [0.15, 0.2) is 0 Å². The summed E-state index contributed by atoms with van der Waals surface area (Å²) in [6.45, 7) is 0.274. The molecule has 0 spiro atoms. The largest absolute Gasteiger partial charge is 0.478 e. The molecule has 0 atom stereocenters. The zero-order chi connectivity index (χ0) is 14.1. The first-order valence-corrected chi connectivity index (χ1v) is 7.20. The Morgan fingerprint density at radius 3 is 3.05 bits per heavy atom. The Labute approximate surface area is 119 Å². The van der Waals surface area contributed by atoms with E-state index in [0.29, 0.717) is 12.2 Å². The molecule has 6 heteroatoms. The maximum Gasteiger partial charge on any atom is 0.338 e. The number of hydrogen-bond donors (Lipinski definition) is 1. The van der Waals surface area contributed by atoms with Gasteiger partial charge < -0.3 is 14.4 Å². The number of aryl methyl sites for hydroxylation is 1. The maximum atomic E-state index is 12.2. The standard InChI is InChI=1S/C14H13NO4S/c16-13-3-1-2-12-11(4-5-20-12)15(13)7-10-6-9(8-19-10)14(17)18/h4-6,8H,1-3,7H2,(H,17,18). The second-order valence-corrected chi connectivity index (χ2v) is 5.67. The van der Waals surface area contributed by atoms with Crippen molar-refractivity contribution in [2.45, 2.75) is 25.8 Å². The number of aromatic carboxylic acids is 1. The Hall–Kier alpha value is -2.08. The molecule has 0 saturated heterocycles. The third-order valence-electron chi connectivity index (χ3n) is 3.32. The number of carboxylic acid groups (broad SMARTS) is 1. The van der Waals surface area contributed by atoms with Crippen molar-refractivity contribution < 1.29 is 19.1 Å². The molecule has 2 aromatic heterocycles. The lowest BCUT2D eigenvalue weighted by Crippen LogP contribution is -2.29. The van der Waals surface area contributed by atoms with Crippen molar-refractivity contribution in [3.63, 3.8) is 0 Å². The summed E-state index contributed by atoms with van der Waals surface area (Å²) in [5.74, 6) is -0.497. The van der Waals surface area contributed by atoms with E-state index >= 15 is 0 Å². The molecular weight excluding hydrogens is 278 g/mol. The van der Waals surface area contributed by atoms with Crippen molar-refractivity contribution in [2.24, 2.45) is 0 Å². The van der Waals surface area contributed by atoms with E-state index in [1.54, 1.807) is 16.2 Å². The zero-order valence-electron chi connectivity index (χ0n) is 10.7. The number of carbonyl (C=O) groups excluding carboxylic acids is 1. The zero-order valence-corrected chi connectivity index (χ0v) is 11.5. The molecule has 0 fully saturated rings. The summed E-state index contributed by atoms with van der Waals surface area (Å²) < 4.78 is 5.24. The van der Waals surface area contributed by atoms with Gasteiger partial charge in [0, 0.05) is 11.3 Å². The van der Waals surface area contributed by atoms with Gasteiger partial charge in [0.1, 0.15) is 12.0 Å². The summed E-state index contributed by atoms with van der Waals surface area (Å²) in [4.78, 5) is 25.9. The van der Waals surface area contributed by atoms with E-state index in [0.717, 1.165) is 18.5 Å². The van der Waals surface area contributed by atoms with Crippen LogP contribution in [0.1, 0.15) is 33.8 Å². The molecule has 0 radical (unpaired) electrons. The second kappa shape index (κ2) is 5.13. The van der Waals surface area contributed by atoms with Gasteiger partial charge in [-0.05, 0) is 30.4 Å². The van der Waals surface area contributed by atoms with Gasteiger partial charge in [-0.1, -0.05) is 0 Å². The number of nitrogens with zero attached hydrogens (tertiary/aromatic N) is 1. The molecule has 3 rings (SSSR count). The maximum absolute atomic E-state index is 12.2. The number of thiophene rings is 1. The topological polar surface area (TPSA) is 70.8 Å². The molecule has 3 heterocycles. The first kappa shape index (κ1) is 12.9. The van der Waals surface area contributed by atoms with E-state index in [2.05, 4.69) is 0 Å². The summed E-state index contributed by atoms with van der Waals surface area (Å²) in [5, 5.41) is 10.9. The van der Waals surface area contributed by atoms with Gasteiger partial charge in [-0.3, -0.25) is 4.79 Å². The first-order chi connectivity index (χ1) is 9.65. The number of furan rings is 1. The molecule has 5 nitrogen and oxygen atoms in total. The fraction of sp³-hybridized carbons (Fsp3) is 0.286. The molecule has 0 saturated carbocycles. The monoisotopic (exact) mass is 291 g/mol. The lowest BCUT2D eigenvalue weighted by Gasteiger charge is -2.19. The van der Waals surface area contributed by atoms with Crippen molar-refractivity contribution in [2.75, 3.05) is 4.90 Å². The lowest BCUT2D eigenvalue weighted by molar-refractivity contribution is -0.118. The van der Waals surface area contributed by atoms with E-state index in [1.807, 2.05) is 11.4 Å². The van der Waals surface area contributed by atoms with Gasteiger partial charge in [0.25, 0.3) is 0 Å². The molecule has 0 aromatic carbocycles. The van der Waals surface area contributed by atoms with Crippen molar-refractivity contribution >= 4 is 28.9 Å². The molecule has 104 valence electrons. The van der Waals surface area contributed by atoms with Crippen LogP contribution in [0.4, 0.5) is 5.69 Å². The Morgan fingerprint density at radius 2 is 2.30 bits per heavy atom. The summed E-state index contributed by atoms with van der Waals surface area (Å²) >= 11 is 1.65. The van der Waals surface area contributed by atoms with Crippen LogP contribution in [0.15, 0.2) is 28.2 Å². The molecular formula is C14H13NO4S. The van der Waals surface area contributed by atoms with Crippen LogP contribution >= 0.6 is 11.3 Å². The molecule has 0 unspecified atom stereocenters. The normalized spacial score (nSPS) is 15.0. The molecule has 1 amide bonds. The molecule has 0 aliphatic carbocycles. The van der Waals surface area contributed by atoms with Crippen LogP contribution in [0.25, 0.3) is 0 Å². The van der Waals surface area contributed by atoms with Crippen molar-refractivity contribution in [3.8, 4) is 0 Å². The van der Waals surface area contributed by atoms with E-state index in [4.69, 9.17) is 9.52 Å². The van der Waals surface area contributed by atoms with E-state index in [-0.39, 0.29) is 18.0 Å². The van der Waals surface area contributed by atoms with Crippen LogP contribution in [0, 0.1) is 0 Å². The predicted molar refractivity (Wildman–Crippen MR) is 74.1 cm³/mol. The highest BCUT2D eigenvalue weighted by atomic mass is 32.1. The fourth-order valence-corrected chi connectivity index (χ4v) is 3.26. The minimum Gasteiger partial charge on any atom is -0.478 e. The van der Waals surface area contributed by atoms with Crippen LogP contribution < -0.4 is 4.90 Å². The third kappa shape index (κ3) is 2.34. The van der Waals surface area contributed by atoms with Gasteiger partial charge in [-0.15, -0.1) is 11.3 Å². The summed E-state index contributed by atoms with van der Waals surface area (Å²) in [6, 6.07) is 3.40. The lowest BCUT2D eigenvalue weighted by atomic mass is 10.2. The average Bonchev–Trinajstić information content (AvgIpc) is 3.02. The molecule has 1 aliphatic rings. The van der Waals surface area contributed by atoms with Crippen LogP contribution in [0.3, 0.4) is 0 Å². The Morgan fingerprint density at radius 1 is 1.45 bits per heavy atom. The SMILES string of the molecule is O=C(O)c1coc(CN2C(=O)CCCc3sccc32)c1. The van der Waals surface area contributed by atoms with Crippen LogP contribution in [0.5, 0.6) is 0 Å². The summed E-state index contributed by atoms with van der Waals surface area (Å²) in [5.41, 5.74) is 1.03. The number of amides is 1. The van der Waals surface area contributed by atoms with Crippen molar-refractivity contribution in [1.29, 1.82) is 0 Å². The quantitative estimate of drug-likeness (QED) is 0.944. The van der Waals surface area contributed by atoms with E-state index < -0.39 is 5.97 Å². The molecule has 20 heavy (non-hydrogen) atoms. The minimum atomic E-state index is -1.03. The summed E-state index contributed by atoms with van der Waals surface area (Å²) in [6.07, 6.45) is 3.47. The Bertz CT molecular complexity index is 658. The summed E-state index contributed by atoms with van der Waals surface area (Å²) in [7, 11) is 0. The van der Waals surface area contributed by atoms with Crippen LogP contribution in [-0.2, 0) is 17.8 Å². The fourth-order valence-electron chi connectivity index (χ4n) is 2.34. The second-order valence-electron chi connectivity index (χ2n) is 4.67.